The van der Waals surface area contributed by atoms with Gasteiger partial charge in [-0.3, -0.25) is 5.10 Å². The molecule has 0 spiro atoms. The molecule has 1 aliphatic rings. The Morgan fingerprint density at radius 2 is 2.15 bits per heavy atom. The van der Waals surface area contributed by atoms with E-state index >= 15 is 0 Å². The maximum atomic E-state index is 12.3. The molecule has 0 unspecified atom stereocenters. The predicted molar refractivity (Wildman–Crippen MR) is 79.4 cm³/mol. The minimum atomic E-state index is 0.0472. The van der Waals surface area contributed by atoms with Crippen molar-refractivity contribution in [3.8, 4) is 0 Å². The number of urea groups is 1. The molecule has 2 rings (SSSR count). The fourth-order valence-electron chi connectivity index (χ4n) is 3.02. The minimum Gasteiger partial charge on any atom is -0.334 e. The van der Waals surface area contributed by atoms with Gasteiger partial charge in [-0.25, -0.2) is 4.79 Å². The van der Waals surface area contributed by atoms with Gasteiger partial charge in [-0.05, 0) is 38.5 Å². The van der Waals surface area contributed by atoms with E-state index in [0.717, 1.165) is 36.5 Å². The van der Waals surface area contributed by atoms with Crippen LogP contribution >= 0.6 is 0 Å². The minimum absolute atomic E-state index is 0.0472. The van der Waals surface area contributed by atoms with Gasteiger partial charge in [0.2, 0.25) is 0 Å². The SMILES string of the molecule is Cc1n[nH]c(C)c1CNC(=O)N1CC[C@H](C)C[C@H](C)C1. The summed E-state index contributed by atoms with van der Waals surface area (Å²) in [7, 11) is 0. The number of aromatic amines is 1. The number of likely N-dealkylation sites (tertiary alicyclic amines) is 1. The van der Waals surface area contributed by atoms with Crippen molar-refractivity contribution in [3.63, 3.8) is 0 Å². The van der Waals surface area contributed by atoms with Crippen molar-refractivity contribution in [1.29, 1.82) is 0 Å². The second kappa shape index (κ2) is 6.29. The summed E-state index contributed by atoms with van der Waals surface area (Å²) in [6.07, 6.45) is 2.31. The van der Waals surface area contributed by atoms with Crippen molar-refractivity contribution in [2.45, 2.75) is 47.1 Å². The summed E-state index contributed by atoms with van der Waals surface area (Å²) in [5.74, 6) is 1.29. The van der Waals surface area contributed by atoms with Crippen LogP contribution in [0.15, 0.2) is 0 Å². The zero-order valence-electron chi connectivity index (χ0n) is 13.0. The fourth-order valence-corrected chi connectivity index (χ4v) is 3.02. The average Bonchev–Trinajstić information content (AvgIpc) is 2.59. The second-order valence-corrected chi connectivity index (χ2v) is 6.25. The van der Waals surface area contributed by atoms with Crippen molar-refractivity contribution in [2.75, 3.05) is 13.1 Å². The van der Waals surface area contributed by atoms with Crippen molar-refractivity contribution in [1.82, 2.24) is 20.4 Å². The van der Waals surface area contributed by atoms with Crippen LogP contribution in [-0.2, 0) is 6.54 Å². The Balaban J connectivity index is 1.91. The first kappa shape index (κ1) is 14.9. The lowest BCUT2D eigenvalue weighted by Gasteiger charge is -2.23. The quantitative estimate of drug-likeness (QED) is 0.873. The molecule has 1 aliphatic heterocycles. The number of hydrogen-bond donors (Lipinski definition) is 2. The average molecular weight is 278 g/mol. The zero-order valence-corrected chi connectivity index (χ0v) is 13.0. The van der Waals surface area contributed by atoms with E-state index in [1.165, 1.54) is 6.42 Å². The van der Waals surface area contributed by atoms with Gasteiger partial charge < -0.3 is 10.2 Å². The van der Waals surface area contributed by atoms with Crippen LogP contribution in [0.25, 0.3) is 0 Å². The van der Waals surface area contributed by atoms with Crippen molar-refractivity contribution in [2.24, 2.45) is 11.8 Å². The first-order chi connectivity index (χ1) is 9.47. The third-order valence-electron chi connectivity index (χ3n) is 4.21. The van der Waals surface area contributed by atoms with E-state index in [2.05, 4.69) is 29.4 Å². The van der Waals surface area contributed by atoms with E-state index < -0.39 is 0 Å². The van der Waals surface area contributed by atoms with E-state index in [1.54, 1.807) is 0 Å². The molecule has 0 saturated carbocycles. The van der Waals surface area contributed by atoms with Gasteiger partial charge in [0, 0.05) is 30.9 Å². The van der Waals surface area contributed by atoms with Crippen LogP contribution in [-0.4, -0.2) is 34.2 Å². The number of amides is 2. The molecular formula is C15H26N4O. The molecule has 1 saturated heterocycles. The molecule has 2 atom stereocenters. The number of H-pyrrole nitrogens is 1. The van der Waals surface area contributed by atoms with Gasteiger partial charge in [-0.15, -0.1) is 0 Å². The first-order valence-corrected chi connectivity index (χ1v) is 7.50. The highest BCUT2D eigenvalue weighted by molar-refractivity contribution is 5.74. The normalized spacial score (nSPS) is 23.5. The number of aryl methyl sites for hydroxylation is 2. The second-order valence-electron chi connectivity index (χ2n) is 6.25. The Morgan fingerprint density at radius 3 is 2.80 bits per heavy atom. The molecule has 112 valence electrons. The summed E-state index contributed by atoms with van der Waals surface area (Å²) >= 11 is 0. The highest BCUT2D eigenvalue weighted by atomic mass is 16.2. The zero-order chi connectivity index (χ0) is 14.7. The third-order valence-corrected chi connectivity index (χ3v) is 4.21. The van der Waals surface area contributed by atoms with Crippen molar-refractivity contribution in [3.05, 3.63) is 17.0 Å². The Labute approximate surface area is 121 Å². The summed E-state index contributed by atoms with van der Waals surface area (Å²) in [4.78, 5) is 14.3. The Kier molecular flexibility index (Phi) is 4.68. The summed E-state index contributed by atoms with van der Waals surface area (Å²) in [6.45, 7) is 10.7. The predicted octanol–water partition coefficient (Wildman–Crippen LogP) is 2.60. The lowest BCUT2D eigenvalue weighted by Crippen LogP contribution is -2.41. The molecule has 2 heterocycles. The molecule has 0 aromatic carbocycles. The largest absolute Gasteiger partial charge is 0.334 e. The van der Waals surface area contributed by atoms with Crippen LogP contribution in [0.4, 0.5) is 4.79 Å². The maximum Gasteiger partial charge on any atom is 0.317 e. The van der Waals surface area contributed by atoms with E-state index in [9.17, 15) is 4.79 Å². The Bertz CT molecular complexity index is 449. The number of carbonyl (C=O) groups excluding carboxylic acids is 1. The van der Waals surface area contributed by atoms with E-state index in [4.69, 9.17) is 0 Å². The van der Waals surface area contributed by atoms with Gasteiger partial charge >= 0.3 is 6.03 Å². The first-order valence-electron chi connectivity index (χ1n) is 7.50. The van der Waals surface area contributed by atoms with Crippen molar-refractivity contribution < 1.29 is 4.79 Å². The van der Waals surface area contributed by atoms with Gasteiger partial charge in [-0.1, -0.05) is 13.8 Å². The fraction of sp³-hybridized carbons (Fsp3) is 0.733. The molecule has 5 heteroatoms. The van der Waals surface area contributed by atoms with Crippen LogP contribution in [0.3, 0.4) is 0 Å². The van der Waals surface area contributed by atoms with Crippen molar-refractivity contribution >= 4 is 6.03 Å². The van der Waals surface area contributed by atoms with Gasteiger partial charge in [0.05, 0.1) is 5.69 Å². The summed E-state index contributed by atoms with van der Waals surface area (Å²) in [5, 5.41) is 10.1. The summed E-state index contributed by atoms with van der Waals surface area (Å²) < 4.78 is 0. The van der Waals surface area contributed by atoms with Crippen LogP contribution < -0.4 is 5.32 Å². The highest BCUT2D eigenvalue weighted by Crippen LogP contribution is 2.21. The maximum absolute atomic E-state index is 12.3. The van der Waals surface area contributed by atoms with E-state index in [-0.39, 0.29) is 6.03 Å². The highest BCUT2D eigenvalue weighted by Gasteiger charge is 2.22. The van der Waals surface area contributed by atoms with Gasteiger partial charge in [-0.2, -0.15) is 5.10 Å². The molecule has 0 aliphatic carbocycles. The van der Waals surface area contributed by atoms with Gasteiger partial charge in [0.1, 0.15) is 0 Å². The molecule has 1 fully saturated rings. The van der Waals surface area contributed by atoms with Crippen LogP contribution in [0, 0.1) is 25.7 Å². The standard InChI is InChI=1S/C15H26N4O/c1-10-5-6-19(9-11(2)7-10)15(20)16-8-14-12(3)17-18-13(14)4/h10-11H,5-9H2,1-4H3,(H,16,20)(H,17,18)/t10-,11-/m0/s1. The smallest absolute Gasteiger partial charge is 0.317 e. The van der Waals surface area contributed by atoms with E-state index in [0.29, 0.717) is 18.4 Å². The monoisotopic (exact) mass is 278 g/mol. The van der Waals surface area contributed by atoms with Crippen LogP contribution in [0.1, 0.15) is 43.6 Å². The van der Waals surface area contributed by atoms with E-state index in [1.807, 2.05) is 18.7 Å². The molecular weight excluding hydrogens is 252 g/mol. The topological polar surface area (TPSA) is 61.0 Å². The third kappa shape index (κ3) is 3.52. The lowest BCUT2D eigenvalue weighted by atomic mass is 9.97. The number of aromatic nitrogens is 2. The number of nitrogens with one attached hydrogen (secondary N) is 2. The summed E-state index contributed by atoms with van der Waals surface area (Å²) in [5.41, 5.74) is 3.08. The molecule has 1 aromatic heterocycles. The lowest BCUT2D eigenvalue weighted by molar-refractivity contribution is 0.193. The number of rotatable bonds is 2. The molecule has 0 radical (unpaired) electrons. The Morgan fingerprint density at radius 1 is 1.40 bits per heavy atom. The van der Waals surface area contributed by atoms with Crippen LogP contribution in [0.5, 0.6) is 0 Å². The number of hydrogen-bond acceptors (Lipinski definition) is 2. The number of carbonyl (C=O) groups is 1. The molecule has 5 nitrogen and oxygen atoms in total. The van der Waals surface area contributed by atoms with Crippen LogP contribution in [0.2, 0.25) is 0 Å². The Hall–Kier alpha value is -1.52. The molecule has 1 aromatic rings. The molecule has 0 bridgehead atoms. The summed E-state index contributed by atoms with van der Waals surface area (Å²) in [6, 6.07) is 0.0472. The van der Waals surface area contributed by atoms with Gasteiger partial charge in [0.15, 0.2) is 0 Å². The number of nitrogens with zero attached hydrogens (tertiary/aromatic N) is 2. The molecule has 2 N–H and O–H groups in total. The molecule has 2 amide bonds. The molecule has 20 heavy (non-hydrogen) atoms. The van der Waals surface area contributed by atoms with Gasteiger partial charge in [0.25, 0.3) is 0 Å².